The molecule has 0 bridgehead atoms. The Morgan fingerprint density at radius 3 is 2.18 bits per heavy atom. The molecule has 0 aliphatic rings. The highest BCUT2D eigenvalue weighted by atomic mass is 79.9. The number of anilines is 1. The largest absolute Gasteiger partial charge is 0.354 e. The first-order valence-corrected chi connectivity index (χ1v) is 16.9. The Morgan fingerprint density at radius 1 is 0.886 bits per heavy atom. The molecule has 0 aliphatic carbocycles. The van der Waals surface area contributed by atoms with Crippen LogP contribution in [-0.4, -0.2) is 44.3 Å². The van der Waals surface area contributed by atoms with E-state index in [4.69, 9.17) is 11.6 Å². The molecule has 1 N–H and O–H groups in total. The Labute approximate surface area is 273 Å². The summed E-state index contributed by atoms with van der Waals surface area (Å²) in [5, 5.41) is 3.43. The van der Waals surface area contributed by atoms with E-state index >= 15 is 0 Å². The number of nitrogens with one attached hydrogen (secondary N) is 1. The summed E-state index contributed by atoms with van der Waals surface area (Å²) in [7, 11) is -4.16. The van der Waals surface area contributed by atoms with E-state index in [1.165, 1.54) is 17.0 Å². The second kappa shape index (κ2) is 15.4. The van der Waals surface area contributed by atoms with E-state index in [2.05, 4.69) is 21.2 Å². The molecule has 0 aromatic heterocycles. The number of aryl methyl sites for hydroxylation is 1. The van der Waals surface area contributed by atoms with Gasteiger partial charge in [-0.1, -0.05) is 94.6 Å². The van der Waals surface area contributed by atoms with E-state index in [9.17, 15) is 18.0 Å². The molecule has 0 saturated carbocycles. The number of hydrogen-bond donors (Lipinski definition) is 1. The summed E-state index contributed by atoms with van der Waals surface area (Å²) in [6.45, 7) is 3.79. The molecule has 0 heterocycles. The van der Waals surface area contributed by atoms with Crippen LogP contribution in [0.4, 0.5) is 5.69 Å². The van der Waals surface area contributed by atoms with Gasteiger partial charge in [0.2, 0.25) is 11.8 Å². The van der Waals surface area contributed by atoms with Crippen LogP contribution in [0.25, 0.3) is 0 Å². The molecule has 0 unspecified atom stereocenters. The number of hydrogen-bond acceptors (Lipinski definition) is 4. The van der Waals surface area contributed by atoms with Crippen LogP contribution in [0.1, 0.15) is 30.0 Å². The van der Waals surface area contributed by atoms with E-state index < -0.39 is 28.5 Å². The van der Waals surface area contributed by atoms with E-state index in [1.54, 1.807) is 54.6 Å². The predicted octanol–water partition coefficient (Wildman–Crippen LogP) is 6.77. The Kier molecular flexibility index (Phi) is 11.6. The monoisotopic (exact) mass is 695 g/mol. The molecule has 0 spiro atoms. The van der Waals surface area contributed by atoms with Crippen LogP contribution >= 0.6 is 27.5 Å². The predicted molar refractivity (Wildman–Crippen MR) is 179 cm³/mol. The Balaban J connectivity index is 1.79. The SMILES string of the molecule is CCCNC(=O)[C@@H](Cc1ccccc1)N(Cc1cccc(Cl)c1)C(=O)CN(c1ccc(Br)cc1)S(=O)(=O)c1ccc(C)cc1. The van der Waals surface area contributed by atoms with Crippen LogP contribution in [-0.2, 0) is 32.6 Å². The first-order chi connectivity index (χ1) is 21.1. The van der Waals surface area contributed by atoms with Crippen molar-refractivity contribution in [1.29, 1.82) is 0 Å². The summed E-state index contributed by atoms with van der Waals surface area (Å²) in [6, 6.07) is 28.8. The maximum Gasteiger partial charge on any atom is 0.264 e. The molecule has 44 heavy (non-hydrogen) atoms. The van der Waals surface area contributed by atoms with E-state index in [0.717, 1.165) is 26.3 Å². The number of nitrogens with zero attached hydrogens (tertiary/aromatic N) is 2. The molecular formula is C34H35BrClN3O4S. The third kappa shape index (κ3) is 8.71. The van der Waals surface area contributed by atoms with Gasteiger partial charge in [0, 0.05) is 29.0 Å². The van der Waals surface area contributed by atoms with E-state index in [1.807, 2.05) is 50.2 Å². The highest BCUT2D eigenvalue weighted by Gasteiger charge is 2.34. The zero-order valence-electron chi connectivity index (χ0n) is 24.6. The van der Waals surface area contributed by atoms with Gasteiger partial charge in [-0.2, -0.15) is 0 Å². The standard InChI is InChI=1S/C34H35BrClN3O4S/c1-3-20-37-34(41)32(22-26-8-5-4-6-9-26)38(23-27-10-7-11-29(36)21-27)33(40)24-39(30-16-14-28(35)15-17-30)44(42,43)31-18-12-25(2)13-19-31/h4-19,21,32H,3,20,22-24H2,1-2H3,(H,37,41)/t32-/m1/s1. The summed E-state index contributed by atoms with van der Waals surface area (Å²) < 4.78 is 30.0. The lowest BCUT2D eigenvalue weighted by Gasteiger charge is -2.34. The summed E-state index contributed by atoms with van der Waals surface area (Å²) >= 11 is 9.69. The van der Waals surface area contributed by atoms with Crippen LogP contribution in [0, 0.1) is 6.92 Å². The molecule has 4 aromatic rings. The molecule has 230 valence electrons. The smallest absolute Gasteiger partial charge is 0.264 e. The first kappa shape index (κ1) is 33.2. The topological polar surface area (TPSA) is 86.8 Å². The van der Waals surface area contributed by atoms with Gasteiger partial charge >= 0.3 is 0 Å². The number of sulfonamides is 1. The van der Waals surface area contributed by atoms with Crippen molar-refractivity contribution in [3.63, 3.8) is 0 Å². The number of amides is 2. The molecule has 0 fully saturated rings. The number of halogens is 2. The molecule has 10 heteroatoms. The maximum absolute atomic E-state index is 14.4. The third-order valence-electron chi connectivity index (χ3n) is 7.06. The summed E-state index contributed by atoms with van der Waals surface area (Å²) in [6.07, 6.45) is 0.962. The quantitative estimate of drug-likeness (QED) is 0.167. The van der Waals surface area contributed by atoms with Crippen molar-refractivity contribution >= 4 is 55.1 Å². The Bertz CT molecular complexity index is 1670. The van der Waals surface area contributed by atoms with Crippen LogP contribution in [0.5, 0.6) is 0 Å². The second-order valence-electron chi connectivity index (χ2n) is 10.4. The van der Waals surface area contributed by atoms with Gasteiger partial charge in [0.1, 0.15) is 12.6 Å². The second-order valence-corrected chi connectivity index (χ2v) is 13.7. The molecule has 0 radical (unpaired) electrons. The highest BCUT2D eigenvalue weighted by Crippen LogP contribution is 2.27. The van der Waals surface area contributed by atoms with Crippen LogP contribution in [0.2, 0.25) is 5.02 Å². The van der Waals surface area contributed by atoms with Crippen molar-refractivity contribution in [3.05, 3.63) is 129 Å². The van der Waals surface area contributed by atoms with E-state index in [-0.39, 0.29) is 23.8 Å². The molecule has 4 aromatic carbocycles. The van der Waals surface area contributed by atoms with Gasteiger partial charge in [0.15, 0.2) is 0 Å². The normalized spacial score (nSPS) is 11.9. The van der Waals surface area contributed by atoms with Crippen LogP contribution in [0.15, 0.2) is 112 Å². The number of carbonyl (C=O) groups is 2. The van der Waals surface area contributed by atoms with Crippen LogP contribution in [0.3, 0.4) is 0 Å². The minimum absolute atomic E-state index is 0.0508. The fourth-order valence-corrected chi connectivity index (χ4v) is 6.62. The van der Waals surface area contributed by atoms with Gasteiger partial charge < -0.3 is 10.2 Å². The average Bonchev–Trinajstić information content (AvgIpc) is 3.01. The van der Waals surface area contributed by atoms with Gasteiger partial charge in [-0.3, -0.25) is 13.9 Å². The van der Waals surface area contributed by atoms with E-state index in [0.29, 0.717) is 22.8 Å². The molecule has 7 nitrogen and oxygen atoms in total. The van der Waals surface area contributed by atoms with Crippen molar-refractivity contribution in [2.45, 2.75) is 44.2 Å². The lowest BCUT2D eigenvalue weighted by Crippen LogP contribution is -2.53. The Hall–Kier alpha value is -3.66. The zero-order chi connectivity index (χ0) is 31.7. The van der Waals surface area contributed by atoms with Gasteiger partial charge in [-0.25, -0.2) is 8.42 Å². The summed E-state index contributed by atoms with van der Waals surface area (Å²) in [5.41, 5.74) is 2.80. The number of benzene rings is 4. The van der Waals surface area contributed by atoms with Crippen molar-refractivity contribution in [1.82, 2.24) is 10.2 Å². The van der Waals surface area contributed by atoms with Gasteiger partial charge in [-0.15, -0.1) is 0 Å². The number of rotatable bonds is 13. The van der Waals surface area contributed by atoms with Gasteiger partial charge in [0.25, 0.3) is 10.0 Å². The third-order valence-corrected chi connectivity index (χ3v) is 9.62. The highest BCUT2D eigenvalue weighted by molar-refractivity contribution is 9.10. The Morgan fingerprint density at radius 2 is 1.55 bits per heavy atom. The molecule has 2 amide bonds. The van der Waals surface area contributed by atoms with Crippen LogP contribution < -0.4 is 9.62 Å². The minimum Gasteiger partial charge on any atom is -0.354 e. The summed E-state index contributed by atoms with van der Waals surface area (Å²) in [4.78, 5) is 29.6. The maximum atomic E-state index is 14.4. The van der Waals surface area contributed by atoms with Crippen molar-refractivity contribution < 1.29 is 18.0 Å². The first-order valence-electron chi connectivity index (χ1n) is 14.3. The van der Waals surface area contributed by atoms with Crippen molar-refractivity contribution in [2.24, 2.45) is 0 Å². The van der Waals surface area contributed by atoms with Crippen molar-refractivity contribution in [3.8, 4) is 0 Å². The molecule has 4 rings (SSSR count). The molecule has 1 atom stereocenters. The van der Waals surface area contributed by atoms with Gasteiger partial charge in [-0.05, 0) is 73.0 Å². The molecule has 0 saturated heterocycles. The van der Waals surface area contributed by atoms with Crippen molar-refractivity contribution in [2.75, 3.05) is 17.4 Å². The average molecular weight is 697 g/mol. The lowest BCUT2D eigenvalue weighted by atomic mass is 10.0. The molecular weight excluding hydrogens is 662 g/mol. The summed E-state index contributed by atoms with van der Waals surface area (Å²) in [5.74, 6) is -0.848. The van der Waals surface area contributed by atoms with Gasteiger partial charge in [0.05, 0.1) is 10.6 Å². The zero-order valence-corrected chi connectivity index (χ0v) is 27.8. The number of carbonyl (C=O) groups excluding carboxylic acids is 2. The molecule has 0 aliphatic heterocycles. The fraction of sp³-hybridized carbons (Fsp3) is 0.235. The lowest BCUT2D eigenvalue weighted by molar-refractivity contribution is -0.140. The fourth-order valence-electron chi connectivity index (χ4n) is 4.73. The minimum atomic E-state index is -4.16.